The van der Waals surface area contributed by atoms with Crippen LogP contribution in [0.25, 0.3) is 0 Å². The fraction of sp³-hybridized carbons (Fsp3) is 0.625. The van der Waals surface area contributed by atoms with Crippen LogP contribution in [0.15, 0.2) is 18.2 Å². The van der Waals surface area contributed by atoms with Gasteiger partial charge in [-0.1, -0.05) is 25.8 Å². The van der Waals surface area contributed by atoms with Crippen molar-refractivity contribution in [3.63, 3.8) is 0 Å². The van der Waals surface area contributed by atoms with Crippen LogP contribution in [0.5, 0.6) is 0 Å². The second-order valence-corrected chi connectivity index (χ2v) is 5.34. The molecule has 2 nitrogen and oxygen atoms in total. The molecule has 1 aromatic carbocycles. The van der Waals surface area contributed by atoms with E-state index in [2.05, 4.69) is 25.7 Å². The van der Waals surface area contributed by atoms with Gasteiger partial charge in [-0.25, -0.2) is 4.39 Å². The number of nitrogens with zero attached hydrogens (tertiary/aromatic N) is 1. The van der Waals surface area contributed by atoms with Crippen LogP contribution in [0.4, 0.5) is 10.1 Å². The molecule has 1 rings (SSSR count). The van der Waals surface area contributed by atoms with Crippen molar-refractivity contribution in [3.8, 4) is 0 Å². The SMILES string of the molecule is CCCCCN(c1cccc(F)c1C(C)O)C(C)C. The van der Waals surface area contributed by atoms with E-state index in [0.717, 1.165) is 18.7 Å². The zero-order valence-corrected chi connectivity index (χ0v) is 12.5. The van der Waals surface area contributed by atoms with Gasteiger partial charge in [0, 0.05) is 23.8 Å². The van der Waals surface area contributed by atoms with E-state index in [1.807, 2.05) is 6.07 Å². The Hall–Kier alpha value is -1.09. The molecule has 3 heteroatoms. The summed E-state index contributed by atoms with van der Waals surface area (Å²) < 4.78 is 13.9. The number of anilines is 1. The van der Waals surface area contributed by atoms with Crippen molar-refractivity contribution >= 4 is 5.69 Å². The minimum absolute atomic E-state index is 0.288. The quantitative estimate of drug-likeness (QED) is 0.745. The van der Waals surface area contributed by atoms with Crippen LogP contribution in [-0.2, 0) is 0 Å². The minimum atomic E-state index is -0.788. The van der Waals surface area contributed by atoms with Gasteiger partial charge in [0.1, 0.15) is 5.82 Å². The summed E-state index contributed by atoms with van der Waals surface area (Å²) in [7, 11) is 0. The number of unbranched alkanes of at least 4 members (excludes halogenated alkanes) is 2. The Morgan fingerprint density at radius 3 is 2.42 bits per heavy atom. The van der Waals surface area contributed by atoms with Gasteiger partial charge in [-0.15, -0.1) is 0 Å². The summed E-state index contributed by atoms with van der Waals surface area (Å²) in [6, 6.07) is 5.31. The fourth-order valence-electron chi connectivity index (χ4n) is 2.38. The first-order valence-corrected chi connectivity index (χ1v) is 7.22. The number of hydrogen-bond donors (Lipinski definition) is 1. The van der Waals surface area contributed by atoms with E-state index in [1.54, 1.807) is 13.0 Å². The third-order valence-electron chi connectivity index (χ3n) is 3.38. The van der Waals surface area contributed by atoms with Gasteiger partial charge in [0.05, 0.1) is 6.10 Å². The topological polar surface area (TPSA) is 23.5 Å². The zero-order chi connectivity index (χ0) is 14.4. The van der Waals surface area contributed by atoms with Crippen LogP contribution in [0.3, 0.4) is 0 Å². The summed E-state index contributed by atoms with van der Waals surface area (Å²) in [5.41, 5.74) is 1.23. The standard InChI is InChI=1S/C16H26FNO/c1-5-6-7-11-18(12(2)3)15-10-8-9-14(17)16(15)13(4)19/h8-10,12-13,19H,5-7,11H2,1-4H3. The average Bonchev–Trinajstić information content (AvgIpc) is 2.33. The molecule has 0 aliphatic carbocycles. The van der Waals surface area contributed by atoms with E-state index >= 15 is 0 Å². The molecule has 1 N–H and O–H groups in total. The molecule has 0 radical (unpaired) electrons. The van der Waals surface area contributed by atoms with E-state index in [9.17, 15) is 9.50 Å². The van der Waals surface area contributed by atoms with Gasteiger partial charge in [0.15, 0.2) is 0 Å². The molecule has 108 valence electrons. The summed E-state index contributed by atoms with van der Waals surface area (Å²) in [5.74, 6) is -0.325. The second-order valence-electron chi connectivity index (χ2n) is 5.34. The molecule has 0 aromatic heterocycles. The Morgan fingerprint density at radius 1 is 1.21 bits per heavy atom. The van der Waals surface area contributed by atoms with Crippen LogP contribution < -0.4 is 4.90 Å². The number of aliphatic hydroxyl groups is 1. The van der Waals surface area contributed by atoms with Crippen LogP contribution in [-0.4, -0.2) is 17.7 Å². The van der Waals surface area contributed by atoms with Crippen LogP contribution in [0.2, 0.25) is 0 Å². The van der Waals surface area contributed by atoms with Gasteiger partial charge >= 0.3 is 0 Å². The number of halogens is 1. The van der Waals surface area contributed by atoms with E-state index in [4.69, 9.17) is 0 Å². The lowest BCUT2D eigenvalue weighted by molar-refractivity contribution is 0.194. The van der Waals surface area contributed by atoms with E-state index in [-0.39, 0.29) is 11.9 Å². The van der Waals surface area contributed by atoms with Crippen molar-refractivity contribution in [1.29, 1.82) is 0 Å². The normalized spacial score (nSPS) is 12.8. The molecule has 0 amide bonds. The Labute approximate surface area is 116 Å². The van der Waals surface area contributed by atoms with Crippen LogP contribution in [0, 0.1) is 5.82 Å². The van der Waals surface area contributed by atoms with Gasteiger partial charge in [-0.2, -0.15) is 0 Å². The third kappa shape index (κ3) is 4.20. The van der Waals surface area contributed by atoms with Gasteiger partial charge < -0.3 is 10.0 Å². The first-order chi connectivity index (χ1) is 8.99. The van der Waals surface area contributed by atoms with E-state index < -0.39 is 6.10 Å². The minimum Gasteiger partial charge on any atom is -0.389 e. The summed E-state index contributed by atoms with van der Waals surface area (Å²) in [6.07, 6.45) is 2.63. The van der Waals surface area contributed by atoms with Crippen molar-refractivity contribution < 1.29 is 9.50 Å². The van der Waals surface area contributed by atoms with Crippen molar-refractivity contribution in [1.82, 2.24) is 0 Å². The highest BCUT2D eigenvalue weighted by molar-refractivity contribution is 5.55. The van der Waals surface area contributed by atoms with Crippen LogP contribution >= 0.6 is 0 Å². The zero-order valence-electron chi connectivity index (χ0n) is 12.5. The lowest BCUT2D eigenvalue weighted by atomic mass is 10.0. The van der Waals surface area contributed by atoms with E-state index in [1.165, 1.54) is 18.9 Å². The van der Waals surface area contributed by atoms with E-state index in [0.29, 0.717) is 5.56 Å². The molecule has 1 atom stereocenters. The predicted octanol–water partition coefficient (Wildman–Crippen LogP) is 4.28. The smallest absolute Gasteiger partial charge is 0.131 e. The summed E-state index contributed by atoms with van der Waals surface area (Å²) in [5, 5.41) is 9.82. The molecule has 1 aromatic rings. The highest BCUT2D eigenvalue weighted by Crippen LogP contribution is 2.30. The largest absolute Gasteiger partial charge is 0.389 e. The molecular formula is C16H26FNO. The highest BCUT2D eigenvalue weighted by Gasteiger charge is 2.19. The molecule has 0 saturated carbocycles. The highest BCUT2D eigenvalue weighted by atomic mass is 19.1. The molecule has 0 fully saturated rings. The van der Waals surface area contributed by atoms with Crippen LogP contribution in [0.1, 0.15) is 58.6 Å². The first-order valence-electron chi connectivity index (χ1n) is 7.22. The molecule has 19 heavy (non-hydrogen) atoms. The number of rotatable bonds is 7. The summed E-state index contributed by atoms with van der Waals surface area (Å²) in [6.45, 7) is 8.88. The first kappa shape index (κ1) is 16.0. The summed E-state index contributed by atoms with van der Waals surface area (Å²) in [4.78, 5) is 2.18. The molecule has 0 bridgehead atoms. The van der Waals surface area contributed by atoms with Crippen molar-refractivity contribution in [2.24, 2.45) is 0 Å². The molecule has 0 spiro atoms. The molecule has 0 saturated heterocycles. The van der Waals surface area contributed by atoms with Gasteiger partial charge in [-0.3, -0.25) is 0 Å². The number of benzene rings is 1. The maximum absolute atomic E-state index is 13.9. The lowest BCUT2D eigenvalue weighted by Gasteiger charge is -2.31. The number of aliphatic hydroxyl groups excluding tert-OH is 1. The number of hydrogen-bond acceptors (Lipinski definition) is 2. The van der Waals surface area contributed by atoms with Crippen molar-refractivity contribution in [2.75, 3.05) is 11.4 Å². The van der Waals surface area contributed by atoms with Crippen molar-refractivity contribution in [3.05, 3.63) is 29.6 Å². The fourth-order valence-corrected chi connectivity index (χ4v) is 2.38. The maximum atomic E-state index is 13.9. The van der Waals surface area contributed by atoms with Crippen molar-refractivity contribution in [2.45, 2.75) is 59.1 Å². The van der Waals surface area contributed by atoms with Gasteiger partial charge in [0.25, 0.3) is 0 Å². The monoisotopic (exact) mass is 267 g/mol. The third-order valence-corrected chi connectivity index (χ3v) is 3.38. The Morgan fingerprint density at radius 2 is 1.89 bits per heavy atom. The Balaban J connectivity index is 3.05. The molecule has 0 aliphatic heterocycles. The molecule has 0 heterocycles. The van der Waals surface area contributed by atoms with Gasteiger partial charge in [0.2, 0.25) is 0 Å². The molecule has 0 aliphatic rings. The summed E-state index contributed by atoms with van der Waals surface area (Å²) >= 11 is 0. The Bertz CT molecular complexity index is 390. The predicted molar refractivity (Wildman–Crippen MR) is 79.0 cm³/mol. The average molecular weight is 267 g/mol. The molecule has 1 unspecified atom stereocenters. The second kappa shape index (κ2) is 7.49. The Kier molecular flexibility index (Phi) is 6.29. The van der Waals surface area contributed by atoms with Gasteiger partial charge in [-0.05, 0) is 39.3 Å². The lowest BCUT2D eigenvalue weighted by Crippen LogP contribution is -2.33. The molecular weight excluding hydrogens is 241 g/mol. The maximum Gasteiger partial charge on any atom is 0.131 e.